The van der Waals surface area contributed by atoms with Crippen LogP contribution in [0.1, 0.15) is 37.8 Å². The average Bonchev–Trinajstić information content (AvgIpc) is 2.65. The molecule has 0 heterocycles. The number of benzene rings is 1. The average molecular weight is 387 g/mol. The molecule has 1 rings (SSSR count). The van der Waals surface area contributed by atoms with Gasteiger partial charge >= 0.3 is 5.97 Å². The second-order valence-electron chi connectivity index (χ2n) is 6.93. The fourth-order valence-electron chi connectivity index (χ4n) is 2.26. The Morgan fingerprint density at radius 2 is 1.44 bits per heavy atom. The van der Waals surface area contributed by atoms with Crippen molar-refractivity contribution < 1.29 is 35.4 Å². The maximum atomic E-state index is 10.8. The van der Waals surface area contributed by atoms with Gasteiger partial charge in [-0.1, -0.05) is 38.1 Å². The van der Waals surface area contributed by atoms with E-state index in [-0.39, 0.29) is 6.54 Å². The lowest BCUT2D eigenvalue weighted by Gasteiger charge is -2.24. The van der Waals surface area contributed by atoms with Crippen LogP contribution in [0.3, 0.4) is 0 Å². The summed E-state index contributed by atoms with van der Waals surface area (Å²) in [6.45, 7) is 5.15. The van der Waals surface area contributed by atoms with E-state index >= 15 is 0 Å². The maximum Gasteiger partial charge on any atom is 0.310 e. The summed E-state index contributed by atoms with van der Waals surface area (Å²) in [6, 6.07) is 7.87. The maximum absolute atomic E-state index is 10.8. The molecule has 27 heavy (non-hydrogen) atoms. The first-order valence-electron chi connectivity index (χ1n) is 8.89. The predicted molar refractivity (Wildman–Crippen MR) is 101 cm³/mol. The third-order valence-electron chi connectivity index (χ3n) is 4.06. The van der Waals surface area contributed by atoms with Crippen LogP contribution in [-0.4, -0.2) is 74.2 Å². The number of aliphatic hydroxyl groups excluding tert-OH is 5. The molecule has 0 aliphatic rings. The number of hydrogen-bond donors (Lipinski definition) is 7. The first-order chi connectivity index (χ1) is 12.5. The molecule has 0 saturated carbocycles. The highest BCUT2D eigenvalue weighted by Gasteiger charge is 2.28. The number of aliphatic carboxylic acids is 1. The van der Waals surface area contributed by atoms with Crippen molar-refractivity contribution in [2.75, 3.05) is 13.2 Å². The number of carbonyl (C=O) groups is 1. The Morgan fingerprint density at radius 1 is 0.963 bits per heavy atom. The molecular formula is C19H33NO7. The van der Waals surface area contributed by atoms with Crippen LogP contribution in [0.15, 0.2) is 24.3 Å². The molecule has 8 nitrogen and oxygen atoms in total. The van der Waals surface area contributed by atoms with Gasteiger partial charge in [-0.3, -0.25) is 4.79 Å². The van der Waals surface area contributed by atoms with E-state index in [1.54, 1.807) is 6.92 Å². The molecule has 0 aromatic heterocycles. The molecule has 1 aromatic rings. The molecule has 0 radical (unpaired) electrons. The van der Waals surface area contributed by atoms with Crippen molar-refractivity contribution in [1.29, 1.82) is 0 Å². The van der Waals surface area contributed by atoms with Crippen molar-refractivity contribution in [2.24, 2.45) is 11.7 Å². The summed E-state index contributed by atoms with van der Waals surface area (Å²) in [5.41, 5.74) is 7.13. The molecule has 0 aliphatic carbocycles. The topological polar surface area (TPSA) is 164 Å². The lowest BCUT2D eigenvalue weighted by molar-refractivity contribution is -0.138. The van der Waals surface area contributed by atoms with Crippen molar-refractivity contribution in [3.8, 4) is 0 Å². The molecule has 0 bridgehead atoms. The first-order valence-corrected chi connectivity index (χ1v) is 8.89. The minimum Gasteiger partial charge on any atom is -0.481 e. The number of carboxylic acid groups (broad SMARTS) is 1. The largest absolute Gasteiger partial charge is 0.481 e. The van der Waals surface area contributed by atoms with E-state index in [9.17, 15) is 4.79 Å². The Balaban J connectivity index is 0.000000516. The fourth-order valence-corrected chi connectivity index (χ4v) is 2.26. The van der Waals surface area contributed by atoms with Gasteiger partial charge in [0.2, 0.25) is 0 Å². The molecule has 8 heteroatoms. The van der Waals surface area contributed by atoms with Gasteiger partial charge < -0.3 is 36.4 Å². The van der Waals surface area contributed by atoms with Gasteiger partial charge in [0.15, 0.2) is 0 Å². The fraction of sp³-hybridized carbons (Fsp3) is 0.632. The van der Waals surface area contributed by atoms with E-state index in [1.807, 2.05) is 24.3 Å². The minimum atomic E-state index is -1.59. The Hall–Kier alpha value is -1.55. The van der Waals surface area contributed by atoms with E-state index in [2.05, 4.69) is 13.8 Å². The predicted octanol–water partition coefficient (Wildman–Crippen LogP) is -0.546. The third-order valence-corrected chi connectivity index (χ3v) is 4.06. The van der Waals surface area contributed by atoms with Gasteiger partial charge in [0.1, 0.15) is 18.3 Å². The van der Waals surface area contributed by atoms with Crippen molar-refractivity contribution in [3.63, 3.8) is 0 Å². The van der Waals surface area contributed by atoms with E-state index in [1.165, 1.54) is 5.56 Å². The quantitative estimate of drug-likeness (QED) is 0.297. The van der Waals surface area contributed by atoms with Crippen LogP contribution in [0.25, 0.3) is 0 Å². The Labute approximate surface area is 159 Å². The number of hydrogen-bond acceptors (Lipinski definition) is 7. The summed E-state index contributed by atoms with van der Waals surface area (Å²) in [4.78, 5) is 10.8. The van der Waals surface area contributed by atoms with Crippen LogP contribution >= 0.6 is 0 Å². The lowest BCUT2D eigenvalue weighted by atomic mass is 9.97. The standard InChI is InChI=1S/C13H18O2.C6H15NO5/c1-9(2)8-11-4-6-12(7-5-11)10(3)13(14)15;7-1-3(9)5(11)6(12)4(10)2-8/h4-7,9-10H,8H2,1-3H3,(H,14,15);3-6,8-12H,1-2,7H2/t10-;3-,4+,5+,6+/m00/s1. The van der Waals surface area contributed by atoms with E-state index < -0.39 is 42.9 Å². The molecule has 0 aliphatic heterocycles. The smallest absolute Gasteiger partial charge is 0.310 e. The molecule has 0 saturated heterocycles. The molecule has 0 fully saturated rings. The number of rotatable bonds is 9. The van der Waals surface area contributed by atoms with Crippen LogP contribution in [0.5, 0.6) is 0 Å². The highest BCUT2D eigenvalue weighted by Crippen LogP contribution is 2.17. The zero-order valence-electron chi connectivity index (χ0n) is 16.1. The van der Waals surface area contributed by atoms with Crippen molar-refractivity contribution in [1.82, 2.24) is 0 Å². The summed E-state index contributed by atoms with van der Waals surface area (Å²) in [6.07, 6.45) is -4.87. The summed E-state index contributed by atoms with van der Waals surface area (Å²) in [5, 5.41) is 53.0. The minimum absolute atomic E-state index is 0.226. The van der Waals surface area contributed by atoms with Crippen molar-refractivity contribution in [2.45, 2.75) is 57.5 Å². The molecule has 0 amide bonds. The SMILES string of the molecule is CC(C)Cc1ccc([C@H](C)C(=O)O)cc1.NC[C@H](O)[C@@H](O)[C@H](O)[C@H](O)CO. The summed E-state index contributed by atoms with van der Waals surface area (Å²) >= 11 is 0. The van der Waals surface area contributed by atoms with Crippen molar-refractivity contribution in [3.05, 3.63) is 35.4 Å². The monoisotopic (exact) mass is 387 g/mol. The first kappa shape index (κ1) is 25.4. The normalized spacial score (nSPS) is 16.7. The second-order valence-corrected chi connectivity index (χ2v) is 6.93. The summed E-state index contributed by atoms with van der Waals surface area (Å²) in [5.74, 6) is -0.558. The Morgan fingerprint density at radius 3 is 1.81 bits per heavy atom. The van der Waals surface area contributed by atoms with Crippen LogP contribution in [0, 0.1) is 5.92 Å². The van der Waals surface area contributed by atoms with E-state index in [0.29, 0.717) is 5.92 Å². The van der Waals surface area contributed by atoms with Crippen LogP contribution in [0.2, 0.25) is 0 Å². The van der Waals surface area contributed by atoms with E-state index in [4.69, 9.17) is 36.4 Å². The summed E-state index contributed by atoms with van der Waals surface area (Å²) in [7, 11) is 0. The van der Waals surface area contributed by atoms with Gasteiger partial charge in [-0.2, -0.15) is 0 Å². The number of aliphatic hydroxyl groups is 5. The molecule has 0 spiro atoms. The third kappa shape index (κ3) is 9.28. The molecule has 5 atom stereocenters. The van der Waals surface area contributed by atoms with Gasteiger partial charge in [-0.05, 0) is 30.4 Å². The second kappa shape index (κ2) is 12.8. The Kier molecular flexibility index (Phi) is 12.0. The van der Waals surface area contributed by atoms with Gasteiger partial charge in [-0.15, -0.1) is 0 Å². The van der Waals surface area contributed by atoms with Gasteiger partial charge in [0.25, 0.3) is 0 Å². The lowest BCUT2D eigenvalue weighted by Crippen LogP contribution is -2.48. The van der Waals surface area contributed by atoms with Crippen LogP contribution < -0.4 is 5.73 Å². The van der Waals surface area contributed by atoms with Gasteiger partial charge in [-0.25, -0.2) is 0 Å². The molecule has 1 aromatic carbocycles. The molecular weight excluding hydrogens is 354 g/mol. The summed E-state index contributed by atoms with van der Waals surface area (Å²) < 4.78 is 0. The zero-order valence-corrected chi connectivity index (χ0v) is 16.1. The highest BCUT2D eigenvalue weighted by molar-refractivity contribution is 5.75. The van der Waals surface area contributed by atoms with E-state index in [0.717, 1.165) is 12.0 Å². The van der Waals surface area contributed by atoms with Crippen molar-refractivity contribution >= 4 is 5.97 Å². The van der Waals surface area contributed by atoms with Gasteiger partial charge in [0, 0.05) is 6.54 Å². The number of carboxylic acids is 1. The van der Waals surface area contributed by atoms with Crippen LogP contribution in [-0.2, 0) is 11.2 Å². The zero-order chi connectivity index (χ0) is 21.1. The van der Waals surface area contributed by atoms with Gasteiger partial charge in [0.05, 0.1) is 18.6 Å². The van der Waals surface area contributed by atoms with Crippen LogP contribution in [0.4, 0.5) is 0 Å². The number of nitrogens with two attached hydrogens (primary N) is 1. The molecule has 8 N–H and O–H groups in total. The molecule has 156 valence electrons. The Bertz CT molecular complexity index is 521. The highest BCUT2D eigenvalue weighted by atomic mass is 16.4. The molecule has 0 unspecified atom stereocenters.